The van der Waals surface area contributed by atoms with Gasteiger partial charge in [0.1, 0.15) is 5.15 Å². The fourth-order valence-electron chi connectivity index (χ4n) is 2.18. The Labute approximate surface area is 131 Å². The van der Waals surface area contributed by atoms with Crippen molar-refractivity contribution in [2.75, 3.05) is 31.1 Å². The molecule has 114 valence electrons. The molecule has 0 radical (unpaired) electrons. The first-order chi connectivity index (χ1) is 10.00. The molecule has 0 unspecified atom stereocenters. The molecule has 3 heterocycles. The van der Waals surface area contributed by atoms with Gasteiger partial charge in [0, 0.05) is 44.8 Å². The predicted molar refractivity (Wildman–Crippen MR) is 81.3 cm³/mol. The van der Waals surface area contributed by atoms with Gasteiger partial charge in [0.05, 0.1) is 6.33 Å². The van der Waals surface area contributed by atoms with Gasteiger partial charge in [-0.1, -0.05) is 11.6 Å². The van der Waals surface area contributed by atoms with E-state index in [0.717, 1.165) is 5.13 Å². The number of imidazole rings is 1. The van der Waals surface area contributed by atoms with Crippen LogP contribution in [0.3, 0.4) is 0 Å². The molecule has 2 aromatic heterocycles. The van der Waals surface area contributed by atoms with Gasteiger partial charge >= 0.3 is 0 Å². The van der Waals surface area contributed by atoms with Gasteiger partial charge in [-0.15, -0.1) is 11.3 Å². The molecule has 7 nitrogen and oxygen atoms in total. The minimum Gasteiger partial charge on any atom is -0.345 e. The topological polar surface area (TPSA) is 71.3 Å². The van der Waals surface area contributed by atoms with E-state index < -0.39 is 10.0 Å². The molecule has 0 atom stereocenters. The molecule has 0 aliphatic carbocycles. The number of halogens is 1. The molecule has 21 heavy (non-hydrogen) atoms. The van der Waals surface area contributed by atoms with Crippen LogP contribution in [0.25, 0.3) is 0 Å². The summed E-state index contributed by atoms with van der Waals surface area (Å²) in [6.07, 6.45) is 3.15. The molecule has 2 aromatic rings. The summed E-state index contributed by atoms with van der Waals surface area (Å²) in [6.45, 7) is 2.01. The minimum atomic E-state index is -3.64. The smallest absolute Gasteiger partial charge is 0.263 e. The first-order valence-electron chi connectivity index (χ1n) is 6.31. The number of hydrogen-bond donors (Lipinski definition) is 0. The molecular weight excluding hydrogens is 334 g/mol. The summed E-state index contributed by atoms with van der Waals surface area (Å²) < 4.78 is 28.0. The Balaban J connectivity index is 1.76. The number of piperazine rings is 1. The van der Waals surface area contributed by atoms with Gasteiger partial charge in [-0.2, -0.15) is 4.31 Å². The van der Waals surface area contributed by atoms with Crippen LogP contribution in [0.1, 0.15) is 0 Å². The van der Waals surface area contributed by atoms with E-state index in [1.165, 1.54) is 15.2 Å². The molecule has 0 saturated carbocycles. The van der Waals surface area contributed by atoms with Crippen LogP contribution in [0.15, 0.2) is 22.9 Å². The number of anilines is 1. The summed E-state index contributed by atoms with van der Waals surface area (Å²) >= 11 is 7.55. The van der Waals surface area contributed by atoms with Crippen LogP contribution in [0.4, 0.5) is 5.13 Å². The summed E-state index contributed by atoms with van der Waals surface area (Å²) in [4.78, 5) is 10.2. The van der Waals surface area contributed by atoms with Crippen molar-refractivity contribution in [2.24, 2.45) is 7.05 Å². The highest BCUT2D eigenvalue weighted by Gasteiger charge is 2.32. The lowest BCUT2D eigenvalue weighted by molar-refractivity contribution is 0.383. The lowest BCUT2D eigenvalue weighted by Gasteiger charge is -2.33. The third-order valence-electron chi connectivity index (χ3n) is 3.35. The van der Waals surface area contributed by atoms with Crippen molar-refractivity contribution in [2.45, 2.75) is 5.03 Å². The van der Waals surface area contributed by atoms with Gasteiger partial charge in [-0.25, -0.2) is 18.4 Å². The first kappa shape index (κ1) is 14.8. The van der Waals surface area contributed by atoms with Crippen LogP contribution in [-0.2, 0) is 17.1 Å². The highest BCUT2D eigenvalue weighted by Crippen LogP contribution is 2.25. The monoisotopic (exact) mass is 347 g/mol. The zero-order valence-electron chi connectivity index (χ0n) is 11.3. The van der Waals surface area contributed by atoms with Crippen LogP contribution in [-0.4, -0.2) is 53.4 Å². The lowest BCUT2D eigenvalue weighted by Crippen LogP contribution is -2.48. The SMILES string of the molecule is Cn1cnc(S(=O)(=O)N2CCN(c3nccs3)CC2)c1Cl. The van der Waals surface area contributed by atoms with E-state index in [1.54, 1.807) is 24.6 Å². The van der Waals surface area contributed by atoms with Crippen molar-refractivity contribution in [3.63, 3.8) is 0 Å². The maximum absolute atomic E-state index is 12.5. The Bertz CT molecular complexity index is 720. The zero-order chi connectivity index (χ0) is 15.0. The van der Waals surface area contributed by atoms with Crippen molar-refractivity contribution >= 4 is 38.1 Å². The molecule has 3 rings (SSSR count). The average molecular weight is 348 g/mol. The summed E-state index contributed by atoms with van der Waals surface area (Å²) in [5.74, 6) is 0. The van der Waals surface area contributed by atoms with Crippen LogP contribution in [0, 0.1) is 0 Å². The minimum absolute atomic E-state index is 0.0747. The molecule has 1 fully saturated rings. The number of aromatic nitrogens is 3. The van der Waals surface area contributed by atoms with E-state index in [-0.39, 0.29) is 10.2 Å². The van der Waals surface area contributed by atoms with Crippen molar-refractivity contribution in [1.82, 2.24) is 18.8 Å². The maximum Gasteiger partial charge on any atom is 0.263 e. The lowest BCUT2D eigenvalue weighted by atomic mass is 10.4. The van der Waals surface area contributed by atoms with Gasteiger partial charge < -0.3 is 9.47 Å². The molecule has 0 aromatic carbocycles. The second kappa shape index (κ2) is 5.56. The summed E-state index contributed by atoms with van der Waals surface area (Å²) in [7, 11) is -1.98. The number of thiazole rings is 1. The molecule has 0 N–H and O–H groups in total. The predicted octanol–water partition coefficient (Wildman–Crippen LogP) is 1.04. The number of aryl methyl sites for hydroxylation is 1. The number of hydrogen-bond acceptors (Lipinski definition) is 6. The quantitative estimate of drug-likeness (QED) is 0.829. The Morgan fingerprint density at radius 2 is 1.95 bits per heavy atom. The number of nitrogens with zero attached hydrogens (tertiary/aromatic N) is 5. The highest BCUT2D eigenvalue weighted by atomic mass is 35.5. The van der Waals surface area contributed by atoms with Crippen LogP contribution in [0.2, 0.25) is 5.15 Å². The normalized spacial score (nSPS) is 17.3. The van der Waals surface area contributed by atoms with E-state index in [1.807, 2.05) is 5.38 Å². The molecule has 1 aliphatic heterocycles. The van der Waals surface area contributed by atoms with Crippen LogP contribution >= 0.6 is 22.9 Å². The summed E-state index contributed by atoms with van der Waals surface area (Å²) in [6, 6.07) is 0. The third kappa shape index (κ3) is 2.66. The highest BCUT2D eigenvalue weighted by molar-refractivity contribution is 7.89. The molecule has 1 saturated heterocycles. The van der Waals surface area contributed by atoms with Gasteiger partial charge in [0.25, 0.3) is 10.0 Å². The van der Waals surface area contributed by atoms with Crippen LogP contribution in [0.5, 0.6) is 0 Å². The third-order valence-corrected chi connectivity index (χ3v) is 6.57. The van der Waals surface area contributed by atoms with Gasteiger partial charge in [0.2, 0.25) is 5.03 Å². The van der Waals surface area contributed by atoms with E-state index in [2.05, 4.69) is 14.9 Å². The fourth-order valence-corrected chi connectivity index (χ4v) is 4.69. The molecule has 10 heteroatoms. The summed E-state index contributed by atoms with van der Waals surface area (Å²) in [5.41, 5.74) is 0. The second-order valence-corrected chi connectivity index (χ2v) is 7.74. The van der Waals surface area contributed by atoms with Crippen molar-refractivity contribution in [3.05, 3.63) is 23.1 Å². The maximum atomic E-state index is 12.5. The second-order valence-electron chi connectivity index (χ2n) is 4.66. The first-order valence-corrected chi connectivity index (χ1v) is 9.01. The van der Waals surface area contributed by atoms with Gasteiger partial charge in [-0.05, 0) is 0 Å². The molecule has 0 amide bonds. The van der Waals surface area contributed by atoms with E-state index in [9.17, 15) is 8.42 Å². The Morgan fingerprint density at radius 1 is 1.24 bits per heavy atom. The summed E-state index contributed by atoms with van der Waals surface area (Å²) in [5, 5.41) is 2.89. The fraction of sp³-hybridized carbons (Fsp3) is 0.455. The molecule has 0 spiro atoms. The zero-order valence-corrected chi connectivity index (χ0v) is 13.7. The van der Waals surface area contributed by atoms with Gasteiger partial charge in [-0.3, -0.25) is 0 Å². The van der Waals surface area contributed by atoms with Gasteiger partial charge in [0.15, 0.2) is 5.13 Å². The van der Waals surface area contributed by atoms with Crippen molar-refractivity contribution in [1.29, 1.82) is 0 Å². The molecule has 0 bridgehead atoms. The number of rotatable bonds is 3. The standard InChI is InChI=1S/C11H14ClN5O2S2/c1-15-8-14-10(9(15)12)21(18,19)17-5-3-16(4-6-17)11-13-2-7-20-11/h2,7-8H,3-6H2,1H3. The van der Waals surface area contributed by atoms with Crippen LogP contribution < -0.4 is 4.90 Å². The molecular formula is C11H14ClN5O2S2. The van der Waals surface area contributed by atoms with Crippen molar-refractivity contribution in [3.8, 4) is 0 Å². The van der Waals surface area contributed by atoms with Crippen molar-refractivity contribution < 1.29 is 8.42 Å². The van der Waals surface area contributed by atoms with E-state index >= 15 is 0 Å². The Hall–Kier alpha value is -1.16. The number of sulfonamides is 1. The Kier molecular flexibility index (Phi) is 3.91. The Morgan fingerprint density at radius 3 is 2.48 bits per heavy atom. The van der Waals surface area contributed by atoms with E-state index in [4.69, 9.17) is 11.6 Å². The average Bonchev–Trinajstić information content (AvgIpc) is 3.11. The van der Waals surface area contributed by atoms with E-state index in [0.29, 0.717) is 26.2 Å². The molecule has 1 aliphatic rings. The largest absolute Gasteiger partial charge is 0.345 e.